The zero-order valence-electron chi connectivity index (χ0n) is 23.0. The molecular weight excluding hydrogens is 554 g/mol. The molecular formula is C30H27N7O4S. The number of carbonyl (C=O) groups is 1. The Morgan fingerprint density at radius 1 is 0.929 bits per heavy atom. The molecule has 2 aliphatic rings. The minimum absolute atomic E-state index is 0.0534. The molecule has 0 spiro atoms. The number of benzene rings is 2. The van der Waals surface area contributed by atoms with Crippen LogP contribution in [0.2, 0.25) is 0 Å². The van der Waals surface area contributed by atoms with Crippen molar-refractivity contribution in [2.75, 3.05) is 50.2 Å². The smallest absolute Gasteiger partial charge is 0.337 e. The number of imidazole rings is 1. The molecule has 212 valence electrons. The zero-order chi connectivity index (χ0) is 29.0. The van der Waals surface area contributed by atoms with E-state index in [1.807, 2.05) is 59.1 Å². The Labute approximate surface area is 242 Å². The van der Waals surface area contributed by atoms with E-state index >= 15 is 0 Å². The lowest BCUT2D eigenvalue weighted by Gasteiger charge is -2.32. The Morgan fingerprint density at radius 3 is 2.55 bits per heavy atom. The number of para-hydroxylation sites is 1. The van der Waals surface area contributed by atoms with Crippen molar-refractivity contribution in [2.45, 2.75) is 4.90 Å². The van der Waals surface area contributed by atoms with E-state index in [-0.39, 0.29) is 4.90 Å². The van der Waals surface area contributed by atoms with Gasteiger partial charge in [0.15, 0.2) is 11.5 Å². The number of carbonyl (C=O) groups excluding carboxylic acids is 1. The Balaban J connectivity index is 1.35. The van der Waals surface area contributed by atoms with Crippen molar-refractivity contribution < 1.29 is 17.9 Å². The molecule has 3 aromatic heterocycles. The maximum atomic E-state index is 13.2. The van der Waals surface area contributed by atoms with Crippen LogP contribution in [0.1, 0.15) is 11.4 Å². The molecule has 0 radical (unpaired) electrons. The number of anilines is 2. The molecule has 12 heteroatoms. The first-order valence-electron chi connectivity index (χ1n) is 13.5. The van der Waals surface area contributed by atoms with Gasteiger partial charge in [0.1, 0.15) is 4.90 Å². The van der Waals surface area contributed by atoms with Gasteiger partial charge in [0, 0.05) is 44.3 Å². The van der Waals surface area contributed by atoms with Crippen LogP contribution < -0.4 is 9.80 Å². The summed E-state index contributed by atoms with van der Waals surface area (Å²) in [5, 5.41) is 1.07. The van der Waals surface area contributed by atoms with Crippen LogP contribution in [0.4, 0.5) is 16.3 Å². The number of aromatic nitrogens is 4. The number of rotatable bonds is 4. The lowest BCUT2D eigenvalue weighted by Crippen LogP contribution is -2.46. The van der Waals surface area contributed by atoms with E-state index in [0.29, 0.717) is 54.6 Å². The van der Waals surface area contributed by atoms with E-state index in [9.17, 15) is 13.2 Å². The Hall–Kier alpha value is -4.81. The highest BCUT2D eigenvalue weighted by molar-refractivity contribution is 7.90. The van der Waals surface area contributed by atoms with Gasteiger partial charge in [-0.1, -0.05) is 30.3 Å². The predicted molar refractivity (Wildman–Crippen MR) is 161 cm³/mol. The highest BCUT2D eigenvalue weighted by atomic mass is 32.2. The summed E-state index contributed by atoms with van der Waals surface area (Å²) in [5.41, 5.74) is 4.68. The number of hydrogen-bond acceptors (Lipinski definition) is 8. The first-order chi connectivity index (χ1) is 20.3. The highest BCUT2D eigenvalue weighted by Gasteiger charge is 2.37. The summed E-state index contributed by atoms with van der Waals surface area (Å²) in [7, 11) is -1.18. The van der Waals surface area contributed by atoms with Gasteiger partial charge in [-0.3, -0.25) is 9.30 Å². The van der Waals surface area contributed by atoms with Gasteiger partial charge in [0.2, 0.25) is 0 Å². The van der Waals surface area contributed by atoms with Gasteiger partial charge < -0.3 is 9.64 Å². The second kappa shape index (κ2) is 9.93. The van der Waals surface area contributed by atoms with Crippen molar-refractivity contribution in [3.63, 3.8) is 0 Å². The average Bonchev–Trinajstić information content (AvgIpc) is 3.46. The van der Waals surface area contributed by atoms with E-state index in [4.69, 9.17) is 19.7 Å². The van der Waals surface area contributed by atoms with Gasteiger partial charge in [0.25, 0.3) is 10.0 Å². The molecule has 0 bridgehead atoms. The second-order valence-corrected chi connectivity index (χ2v) is 12.1. The number of sulfonamides is 1. The number of morpholine rings is 1. The molecule has 11 nitrogen and oxygen atoms in total. The Morgan fingerprint density at radius 2 is 1.71 bits per heavy atom. The summed E-state index contributed by atoms with van der Waals surface area (Å²) in [5.74, 6) is 0.723. The first-order valence-corrected chi connectivity index (χ1v) is 14.9. The molecule has 2 amide bonds. The van der Waals surface area contributed by atoms with Gasteiger partial charge >= 0.3 is 6.03 Å². The van der Waals surface area contributed by atoms with Gasteiger partial charge in [-0.25, -0.2) is 32.5 Å². The lowest BCUT2D eigenvalue weighted by molar-refractivity contribution is 0.122. The Bertz CT molecular complexity index is 2020. The van der Waals surface area contributed by atoms with Crippen molar-refractivity contribution in [1.82, 2.24) is 23.7 Å². The third kappa shape index (κ3) is 4.27. The third-order valence-electron chi connectivity index (χ3n) is 7.66. The van der Waals surface area contributed by atoms with E-state index in [0.717, 1.165) is 26.7 Å². The number of nitrogens with zero attached hydrogens (tertiary/aromatic N) is 7. The van der Waals surface area contributed by atoms with Crippen molar-refractivity contribution >= 4 is 56.3 Å². The summed E-state index contributed by atoms with van der Waals surface area (Å²) in [6.45, 7) is 2.56. The fraction of sp³-hybridized carbons (Fsp3) is 0.200. The quantitative estimate of drug-likeness (QED) is 0.311. The molecule has 5 aromatic rings. The van der Waals surface area contributed by atoms with Gasteiger partial charge in [-0.05, 0) is 36.4 Å². The molecule has 0 unspecified atom stereocenters. The van der Waals surface area contributed by atoms with Crippen LogP contribution in [0.3, 0.4) is 0 Å². The van der Waals surface area contributed by atoms with Crippen LogP contribution in [-0.4, -0.2) is 78.5 Å². The maximum absolute atomic E-state index is 13.2. The molecule has 1 saturated heterocycles. The van der Waals surface area contributed by atoms with Crippen molar-refractivity contribution in [2.24, 2.45) is 0 Å². The third-order valence-corrected chi connectivity index (χ3v) is 9.42. The predicted octanol–water partition coefficient (Wildman–Crippen LogP) is 4.14. The maximum Gasteiger partial charge on any atom is 0.337 e. The van der Waals surface area contributed by atoms with Crippen LogP contribution in [-0.2, 0) is 14.8 Å². The van der Waals surface area contributed by atoms with Gasteiger partial charge in [-0.2, -0.15) is 0 Å². The van der Waals surface area contributed by atoms with Crippen molar-refractivity contribution in [3.05, 3.63) is 78.4 Å². The van der Waals surface area contributed by atoms with Crippen LogP contribution in [0.25, 0.3) is 40.0 Å². The summed E-state index contributed by atoms with van der Waals surface area (Å²) in [6.07, 6.45) is 7.46. The standard InChI is InChI=1S/C30H27N7O4S/c1-34-25-12-8-21(17-27(25)42(39,40)35(2)30(34)38)26-18-31-28(36-13-15-41-16-14-36)29-33-23(19-37(26)29)11-10-22-9-7-20-5-3-4-6-24(20)32-22/h3-12,17-19H,13-16H2,1-2H3. The summed E-state index contributed by atoms with van der Waals surface area (Å²) in [4.78, 5) is 30.4. The fourth-order valence-electron chi connectivity index (χ4n) is 5.34. The summed E-state index contributed by atoms with van der Waals surface area (Å²) in [6, 6.07) is 16.4. The van der Waals surface area contributed by atoms with Gasteiger partial charge in [0.05, 0.1) is 47.7 Å². The van der Waals surface area contributed by atoms with Crippen LogP contribution in [0.5, 0.6) is 0 Å². The highest BCUT2D eigenvalue weighted by Crippen LogP contribution is 2.36. The molecule has 7 rings (SSSR count). The number of fused-ring (bicyclic) bond motifs is 3. The number of hydrogen-bond donors (Lipinski definition) is 0. The van der Waals surface area contributed by atoms with E-state index < -0.39 is 16.1 Å². The number of pyridine rings is 1. The molecule has 1 fully saturated rings. The molecule has 0 N–H and O–H groups in total. The van der Waals surface area contributed by atoms with Crippen LogP contribution in [0.15, 0.2) is 71.9 Å². The molecule has 0 saturated carbocycles. The SMILES string of the molecule is CN1C(=O)N(C)S(=O)(=O)c2cc(-c3cnc(N4CCOCC4)c4nc(C=Cc5ccc6ccccc6n5)cn34)ccc21. The monoisotopic (exact) mass is 581 g/mol. The minimum atomic E-state index is -4.01. The second-order valence-electron chi connectivity index (χ2n) is 10.2. The Kier molecular flexibility index (Phi) is 6.17. The van der Waals surface area contributed by atoms with E-state index in [1.165, 1.54) is 11.9 Å². The van der Waals surface area contributed by atoms with E-state index in [1.54, 1.807) is 31.4 Å². The normalized spacial score (nSPS) is 17.0. The van der Waals surface area contributed by atoms with Gasteiger partial charge in [-0.15, -0.1) is 0 Å². The van der Waals surface area contributed by atoms with Crippen LogP contribution in [0, 0.1) is 0 Å². The first kappa shape index (κ1) is 26.1. The van der Waals surface area contributed by atoms with Crippen molar-refractivity contribution in [1.29, 1.82) is 0 Å². The molecule has 5 heterocycles. The molecule has 42 heavy (non-hydrogen) atoms. The summed E-state index contributed by atoms with van der Waals surface area (Å²) < 4.78 is 34.6. The minimum Gasteiger partial charge on any atom is -0.378 e. The molecule has 2 aromatic carbocycles. The number of urea groups is 1. The molecule has 0 atom stereocenters. The van der Waals surface area contributed by atoms with E-state index in [2.05, 4.69) is 4.90 Å². The molecule has 0 aliphatic carbocycles. The summed E-state index contributed by atoms with van der Waals surface area (Å²) >= 11 is 0. The molecule has 2 aliphatic heterocycles. The topological polar surface area (TPSA) is 113 Å². The average molecular weight is 582 g/mol. The lowest BCUT2D eigenvalue weighted by atomic mass is 10.1. The largest absolute Gasteiger partial charge is 0.378 e. The zero-order valence-corrected chi connectivity index (χ0v) is 23.8. The van der Waals surface area contributed by atoms with Crippen LogP contribution >= 0.6 is 0 Å². The number of amides is 2. The number of ether oxygens (including phenoxy) is 1. The fourth-order valence-corrected chi connectivity index (χ4v) is 6.71. The van der Waals surface area contributed by atoms with Crippen molar-refractivity contribution in [3.8, 4) is 11.3 Å².